The van der Waals surface area contributed by atoms with Crippen molar-refractivity contribution in [2.75, 3.05) is 7.11 Å². The first-order valence-electron chi connectivity index (χ1n) is 3.89. The summed E-state index contributed by atoms with van der Waals surface area (Å²) in [6.45, 7) is 1.64. The summed E-state index contributed by atoms with van der Waals surface area (Å²) in [6, 6.07) is 5.23. The van der Waals surface area contributed by atoms with Crippen LogP contribution in [0.4, 0.5) is 4.39 Å². The SMILES string of the molecule is COc1ccc(CC#N)c(C)c1F. The number of hydrogen-bond donors (Lipinski definition) is 0. The Morgan fingerprint density at radius 1 is 1.54 bits per heavy atom. The van der Waals surface area contributed by atoms with Gasteiger partial charge < -0.3 is 4.74 Å². The highest BCUT2D eigenvalue weighted by Crippen LogP contribution is 2.22. The monoisotopic (exact) mass is 179 g/mol. The molecule has 0 aliphatic rings. The summed E-state index contributed by atoms with van der Waals surface area (Å²) in [5, 5.41) is 8.46. The van der Waals surface area contributed by atoms with Gasteiger partial charge in [-0.15, -0.1) is 0 Å². The predicted octanol–water partition coefficient (Wildman–Crippen LogP) is 2.21. The van der Waals surface area contributed by atoms with Gasteiger partial charge in [0.2, 0.25) is 0 Å². The van der Waals surface area contributed by atoms with Crippen molar-refractivity contribution in [2.24, 2.45) is 0 Å². The number of halogens is 1. The minimum Gasteiger partial charge on any atom is -0.494 e. The highest BCUT2D eigenvalue weighted by Gasteiger charge is 2.09. The van der Waals surface area contributed by atoms with Crippen LogP contribution in [0.1, 0.15) is 11.1 Å². The van der Waals surface area contributed by atoms with E-state index in [1.54, 1.807) is 13.0 Å². The number of nitriles is 1. The van der Waals surface area contributed by atoms with E-state index in [0.29, 0.717) is 11.1 Å². The molecule has 2 nitrogen and oxygen atoms in total. The van der Waals surface area contributed by atoms with E-state index in [2.05, 4.69) is 0 Å². The molecule has 0 amide bonds. The maximum atomic E-state index is 13.4. The summed E-state index contributed by atoms with van der Waals surface area (Å²) in [6.07, 6.45) is 0.229. The molecular weight excluding hydrogens is 169 g/mol. The Labute approximate surface area is 76.6 Å². The fourth-order valence-corrected chi connectivity index (χ4v) is 1.13. The van der Waals surface area contributed by atoms with Gasteiger partial charge in [-0.25, -0.2) is 4.39 Å². The number of hydrogen-bond acceptors (Lipinski definition) is 2. The third-order valence-corrected chi connectivity index (χ3v) is 1.95. The van der Waals surface area contributed by atoms with Crippen molar-refractivity contribution < 1.29 is 9.13 Å². The minimum absolute atomic E-state index is 0.221. The van der Waals surface area contributed by atoms with Crippen LogP contribution in [-0.4, -0.2) is 7.11 Å². The second-order valence-corrected chi connectivity index (χ2v) is 2.70. The van der Waals surface area contributed by atoms with Gasteiger partial charge in [0.15, 0.2) is 11.6 Å². The Hall–Kier alpha value is -1.56. The van der Waals surface area contributed by atoms with Gasteiger partial charge >= 0.3 is 0 Å². The maximum absolute atomic E-state index is 13.4. The molecule has 0 aliphatic carbocycles. The summed E-state index contributed by atoms with van der Waals surface area (Å²) in [5.74, 6) is -0.158. The van der Waals surface area contributed by atoms with Gasteiger partial charge in [-0.3, -0.25) is 0 Å². The van der Waals surface area contributed by atoms with Crippen molar-refractivity contribution in [3.8, 4) is 11.8 Å². The lowest BCUT2D eigenvalue weighted by atomic mass is 10.1. The summed E-state index contributed by atoms with van der Waals surface area (Å²) in [7, 11) is 1.42. The van der Waals surface area contributed by atoms with Crippen LogP contribution in [-0.2, 0) is 6.42 Å². The van der Waals surface area contributed by atoms with Crippen LogP contribution in [0.2, 0.25) is 0 Å². The van der Waals surface area contributed by atoms with Gasteiger partial charge in [-0.2, -0.15) is 5.26 Å². The second kappa shape index (κ2) is 3.90. The predicted molar refractivity (Wildman–Crippen MR) is 47.0 cm³/mol. The zero-order valence-electron chi connectivity index (χ0n) is 7.60. The van der Waals surface area contributed by atoms with E-state index in [9.17, 15) is 4.39 Å². The minimum atomic E-state index is -0.379. The van der Waals surface area contributed by atoms with Crippen LogP contribution < -0.4 is 4.74 Å². The molecular formula is C10H10FNO. The van der Waals surface area contributed by atoms with Crippen molar-refractivity contribution in [3.63, 3.8) is 0 Å². The molecule has 13 heavy (non-hydrogen) atoms. The van der Waals surface area contributed by atoms with Gasteiger partial charge in [0.1, 0.15) is 0 Å². The van der Waals surface area contributed by atoms with E-state index in [0.717, 1.165) is 0 Å². The molecule has 0 unspecified atom stereocenters. The Morgan fingerprint density at radius 3 is 2.77 bits per heavy atom. The summed E-state index contributed by atoms with van der Waals surface area (Å²) in [5.41, 5.74) is 1.20. The Bertz CT molecular complexity index is 355. The molecule has 0 fully saturated rings. The largest absolute Gasteiger partial charge is 0.494 e. The lowest BCUT2D eigenvalue weighted by molar-refractivity contribution is 0.384. The fourth-order valence-electron chi connectivity index (χ4n) is 1.13. The van der Waals surface area contributed by atoms with E-state index in [1.165, 1.54) is 13.2 Å². The molecule has 1 aromatic carbocycles. The number of benzene rings is 1. The molecule has 0 saturated carbocycles. The normalized spacial score (nSPS) is 9.38. The molecule has 0 aliphatic heterocycles. The lowest BCUT2D eigenvalue weighted by Gasteiger charge is -2.07. The first-order chi connectivity index (χ1) is 6.20. The van der Waals surface area contributed by atoms with Crippen LogP contribution in [0.5, 0.6) is 5.75 Å². The van der Waals surface area contributed by atoms with Gasteiger partial charge in [0, 0.05) is 0 Å². The van der Waals surface area contributed by atoms with Gasteiger partial charge in [-0.05, 0) is 24.1 Å². The Balaban J connectivity index is 3.17. The molecule has 0 radical (unpaired) electrons. The van der Waals surface area contributed by atoms with Gasteiger partial charge in [0.25, 0.3) is 0 Å². The maximum Gasteiger partial charge on any atom is 0.168 e. The first-order valence-corrected chi connectivity index (χ1v) is 3.89. The zero-order chi connectivity index (χ0) is 9.84. The summed E-state index contributed by atoms with van der Waals surface area (Å²) in [4.78, 5) is 0. The molecule has 0 aromatic heterocycles. The molecule has 0 bridgehead atoms. The Kier molecular flexibility index (Phi) is 2.86. The van der Waals surface area contributed by atoms with E-state index >= 15 is 0 Å². The molecule has 0 spiro atoms. The van der Waals surface area contributed by atoms with Crippen LogP contribution in [0.15, 0.2) is 12.1 Å². The summed E-state index contributed by atoms with van der Waals surface area (Å²) < 4.78 is 18.2. The van der Waals surface area contributed by atoms with Crippen molar-refractivity contribution >= 4 is 0 Å². The molecule has 1 aromatic rings. The van der Waals surface area contributed by atoms with E-state index in [1.807, 2.05) is 6.07 Å². The van der Waals surface area contributed by atoms with Gasteiger partial charge in [-0.1, -0.05) is 6.07 Å². The number of rotatable bonds is 2. The average Bonchev–Trinajstić information content (AvgIpc) is 2.14. The third kappa shape index (κ3) is 1.78. The van der Waals surface area contributed by atoms with Crippen molar-refractivity contribution in [2.45, 2.75) is 13.3 Å². The van der Waals surface area contributed by atoms with Crippen molar-refractivity contribution in [1.29, 1.82) is 5.26 Å². The van der Waals surface area contributed by atoms with Crippen molar-refractivity contribution in [1.82, 2.24) is 0 Å². The van der Waals surface area contributed by atoms with E-state index in [4.69, 9.17) is 10.00 Å². The second-order valence-electron chi connectivity index (χ2n) is 2.70. The first kappa shape index (κ1) is 9.53. The summed E-state index contributed by atoms with van der Waals surface area (Å²) >= 11 is 0. The molecule has 0 N–H and O–H groups in total. The number of ether oxygens (including phenoxy) is 1. The standard InChI is InChI=1S/C10H10FNO/c1-7-8(5-6-12)3-4-9(13-2)10(7)11/h3-4H,5H2,1-2H3. The van der Waals surface area contributed by atoms with Crippen LogP contribution in [0.3, 0.4) is 0 Å². The van der Waals surface area contributed by atoms with Gasteiger partial charge in [0.05, 0.1) is 19.6 Å². The highest BCUT2D eigenvalue weighted by molar-refractivity contribution is 5.37. The third-order valence-electron chi connectivity index (χ3n) is 1.95. The molecule has 0 heterocycles. The molecule has 68 valence electrons. The van der Waals surface area contributed by atoms with E-state index in [-0.39, 0.29) is 18.0 Å². The van der Waals surface area contributed by atoms with Crippen LogP contribution in [0.25, 0.3) is 0 Å². The molecule has 1 rings (SSSR count). The van der Waals surface area contributed by atoms with Crippen LogP contribution >= 0.6 is 0 Å². The zero-order valence-corrected chi connectivity index (χ0v) is 7.60. The van der Waals surface area contributed by atoms with Crippen molar-refractivity contribution in [3.05, 3.63) is 29.1 Å². The Morgan fingerprint density at radius 2 is 2.23 bits per heavy atom. The number of methoxy groups -OCH3 is 1. The van der Waals surface area contributed by atoms with E-state index < -0.39 is 0 Å². The smallest absolute Gasteiger partial charge is 0.168 e. The molecule has 0 saturated heterocycles. The topological polar surface area (TPSA) is 33.0 Å². The fraction of sp³-hybridized carbons (Fsp3) is 0.300. The lowest BCUT2D eigenvalue weighted by Crippen LogP contribution is -1.95. The molecule has 3 heteroatoms. The molecule has 0 atom stereocenters. The van der Waals surface area contributed by atoms with Crippen LogP contribution in [0, 0.1) is 24.1 Å². The quantitative estimate of drug-likeness (QED) is 0.697. The highest BCUT2D eigenvalue weighted by atomic mass is 19.1. The number of nitrogens with zero attached hydrogens (tertiary/aromatic N) is 1. The average molecular weight is 179 g/mol.